The van der Waals surface area contributed by atoms with E-state index in [1.54, 1.807) is 30.3 Å². The van der Waals surface area contributed by atoms with Crippen LogP contribution in [0.2, 0.25) is 0 Å². The van der Waals surface area contributed by atoms with Gasteiger partial charge in [0.15, 0.2) is 0 Å². The molecule has 1 aliphatic carbocycles. The van der Waals surface area contributed by atoms with E-state index in [4.69, 9.17) is 4.74 Å². The van der Waals surface area contributed by atoms with E-state index in [2.05, 4.69) is 10.0 Å². The summed E-state index contributed by atoms with van der Waals surface area (Å²) >= 11 is 0. The molecule has 1 aliphatic heterocycles. The highest BCUT2D eigenvalue weighted by molar-refractivity contribution is 7.89. The maximum absolute atomic E-state index is 12.2. The Labute approximate surface area is 143 Å². The van der Waals surface area contributed by atoms with Gasteiger partial charge in [-0.3, -0.25) is 0 Å². The first-order chi connectivity index (χ1) is 11.6. The molecule has 1 aromatic carbocycles. The molecule has 0 unspecified atom stereocenters. The highest BCUT2D eigenvalue weighted by atomic mass is 32.2. The van der Waals surface area contributed by atoms with Crippen molar-refractivity contribution in [3.05, 3.63) is 30.3 Å². The Morgan fingerprint density at radius 3 is 2.54 bits per heavy atom. The molecule has 2 fully saturated rings. The Morgan fingerprint density at radius 2 is 1.83 bits per heavy atom. The van der Waals surface area contributed by atoms with Gasteiger partial charge in [-0.25, -0.2) is 13.1 Å². The molecule has 0 bridgehead atoms. The summed E-state index contributed by atoms with van der Waals surface area (Å²) in [6.07, 6.45) is 4.77. The van der Waals surface area contributed by atoms with E-state index in [-0.39, 0.29) is 17.5 Å². The van der Waals surface area contributed by atoms with Crippen molar-refractivity contribution < 1.29 is 18.3 Å². The zero-order chi connectivity index (χ0) is 17.0. The first-order valence-corrected chi connectivity index (χ1v) is 10.1. The molecule has 0 radical (unpaired) electrons. The van der Waals surface area contributed by atoms with Crippen molar-refractivity contribution in [3.8, 4) is 0 Å². The van der Waals surface area contributed by atoms with Crippen molar-refractivity contribution in [2.75, 3.05) is 13.2 Å². The second-order valence-electron chi connectivity index (χ2n) is 6.64. The first kappa shape index (κ1) is 17.8. The molecular weight excluding hydrogens is 328 g/mol. The lowest BCUT2D eigenvalue weighted by molar-refractivity contribution is 0.0438. The van der Waals surface area contributed by atoms with Crippen molar-refractivity contribution in [2.24, 2.45) is 0 Å². The third-order valence-corrected chi connectivity index (χ3v) is 6.31. The van der Waals surface area contributed by atoms with Gasteiger partial charge in [0.05, 0.1) is 29.8 Å². The van der Waals surface area contributed by atoms with Gasteiger partial charge in [0.2, 0.25) is 10.0 Å². The van der Waals surface area contributed by atoms with E-state index in [1.807, 2.05) is 0 Å². The highest BCUT2D eigenvalue weighted by Gasteiger charge is 2.37. The molecule has 7 heteroatoms. The van der Waals surface area contributed by atoms with Crippen LogP contribution in [0.5, 0.6) is 0 Å². The standard InChI is InChI=1S/C17H26N2O4S/c20-17-15(19-13-7-3-1-4-8-13)12-23-16(17)11-18-24(21,22)14-9-5-2-6-10-14/h2,5-6,9-10,13,15-20H,1,3-4,7-8,11-12H2/t15-,16-,17+/m1/s1. The number of benzene rings is 1. The van der Waals surface area contributed by atoms with Gasteiger partial charge in [0.1, 0.15) is 0 Å². The molecule has 1 saturated heterocycles. The monoisotopic (exact) mass is 354 g/mol. The third-order valence-electron chi connectivity index (χ3n) is 4.87. The molecule has 0 aromatic heterocycles. The number of nitrogens with one attached hydrogen (secondary N) is 2. The van der Waals surface area contributed by atoms with Crippen LogP contribution in [0.1, 0.15) is 32.1 Å². The molecule has 3 atom stereocenters. The lowest BCUT2D eigenvalue weighted by atomic mass is 9.94. The smallest absolute Gasteiger partial charge is 0.240 e. The molecule has 6 nitrogen and oxygen atoms in total. The van der Waals surface area contributed by atoms with Gasteiger partial charge in [0, 0.05) is 12.6 Å². The fraction of sp³-hybridized carbons (Fsp3) is 0.647. The minimum absolute atomic E-state index is 0.0707. The van der Waals surface area contributed by atoms with Crippen LogP contribution in [0.3, 0.4) is 0 Å². The van der Waals surface area contributed by atoms with Gasteiger partial charge in [-0.15, -0.1) is 0 Å². The predicted molar refractivity (Wildman–Crippen MR) is 91.2 cm³/mol. The van der Waals surface area contributed by atoms with Gasteiger partial charge in [-0.2, -0.15) is 0 Å². The summed E-state index contributed by atoms with van der Waals surface area (Å²) in [5.41, 5.74) is 0. The molecule has 1 heterocycles. The van der Waals surface area contributed by atoms with Crippen LogP contribution in [-0.4, -0.2) is 51.0 Å². The Bertz CT molecular complexity index is 617. The maximum Gasteiger partial charge on any atom is 0.240 e. The van der Waals surface area contributed by atoms with Crippen LogP contribution in [-0.2, 0) is 14.8 Å². The second-order valence-corrected chi connectivity index (χ2v) is 8.40. The second kappa shape index (κ2) is 7.93. The maximum atomic E-state index is 12.2. The molecule has 1 aromatic rings. The number of hydrogen-bond donors (Lipinski definition) is 3. The number of rotatable bonds is 6. The summed E-state index contributed by atoms with van der Waals surface area (Å²) in [5.74, 6) is 0. The van der Waals surface area contributed by atoms with E-state index in [1.165, 1.54) is 19.3 Å². The quantitative estimate of drug-likeness (QED) is 0.710. The average Bonchev–Trinajstić information content (AvgIpc) is 2.95. The summed E-state index contributed by atoms with van der Waals surface area (Å²) in [6, 6.07) is 8.52. The van der Waals surface area contributed by atoms with Crippen molar-refractivity contribution in [3.63, 3.8) is 0 Å². The Balaban J connectivity index is 1.51. The van der Waals surface area contributed by atoms with Gasteiger partial charge < -0.3 is 15.2 Å². The molecular formula is C17H26N2O4S. The molecule has 24 heavy (non-hydrogen) atoms. The van der Waals surface area contributed by atoms with Crippen LogP contribution in [0, 0.1) is 0 Å². The number of aliphatic hydroxyl groups is 1. The van der Waals surface area contributed by atoms with Gasteiger partial charge >= 0.3 is 0 Å². The summed E-state index contributed by atoms with van der Waals surface area (Å²) in [5, 5.41) is 13.9. The lowest BCUT2D eigenvalue weighted by Crippen LogP contribution is -2.48. The molecule has 134 valence electrons. The topological polar surface area (TPSA) is 87.7 Å². The third kappa shape index (κ3) is 4.34. The van der Waals surface area contributed by atoms with Crippen LogP contribution in [0.4, 0.5) is 0 Å². The summed E-state index contributed by atoms with van der Waals surface area (Å²) < 4.78 is 32.6. The first-order valence-electron chi connectivity index (χ1n) is 8.67. The largest absolute Gasteiger partial charge is 0.389 e. The Hall–Kier alpha value is -0.990. The molecule has 0 amide bonds. The fourth-order valence-corrected chi connectivity index (χ4v) is 4.52. The average molecular weight is 354 g/mol. The van der Waals surface area contributed by atoms with E-state index in [0.717, 1.165) is 12.8 Å². The minimum Gasteiger partial charge on any atom is -0.389 e. The molecule has 0 spiro atoms. The molecule has 3 N–H and O–H groups in total. The Kier molecular flexibility index (Phi) is 5.89. The van der Waals surface area contributed by atoms with E-state index < -0.39 is 22.2 Å². The Morgan fingerprint density at radius 1 is 1.12 bits per heavy atom. The van der Waals surface area contributed by atoms with Crippen molar-refractivity contribution in [2.45, 2.75) is 61.3 Å². The fourth-order valence-electron chi connectivity index (χ4n) is 3.46. The van der Waals surface area contributed by atoms with Crippen LogP contribution >= 0.6 is 0 Å². The number of ether oxygens (including phenoxy) is 1. The van der Waals surface area contributed by atoms with E-state index >= 15 is 0 Å². The summed E-state index contributed by atoms with van der Waals surface area (Å²) in [7, 11) is -3.58. The summed E-state index contributed by atoms with van der Waals surface area (Å²) in [6.45, 7) is 0.483. The predicted octanol–water partition coefficient (Wildman–Crippen LogP) is 1.02. The van der Waals surface area contributed by atoms with Crippen LogP contribution in [0.25, 0.3) is 0 Å². The zero-order valence-corrected chi connectivity index (χ0v) is 14.5. The zero-order valence-electron chi connectivity index (χ0n) is 13.7. The van der Waals surface area contributed by atoms with Crippen LogP contribution < -0.4 is 10.0 Å². The lowest BCUT2D eigenvalue weighted by Gasteiger charge is -2.27. The number of sulfonamides is 1. The van der Waals surface area contributed by atoms with E-state index in [0.29, 0.717) is 12.6 Å². The van der Waals surface area contributed by atoms with Crippen molar-refractivity contribution in [1.29, 1.82) is 0 Å². The number of aliphatic hydroxyl groups excluding tert-OH is 1. The number of hydrogen-bond acceptors (Lipinski definition) is 5. The van der Waals surface area contributed by atoms with Crippen molar-refractivity contribution >= 4 is 10.0 Å². The SMILES string of the molecule is O=S(=O)(NC[C@H]1OC[C@@H](NC2CCCCC2)[C@@H]1O)c1ccccc1. The van der Waals surface area contributed by atoms with Gasteiger partial charge in [0.25, 0.3) is 0 Å². The molecule has 3 rings (SSSR count). The van der Waals surface area contributed by atoms with Gasteiger partial charge in [-0.05, 0) is 25.0 Å². The van der Waals surface area contributed by atoms with Gasteiger partial charge in [-0.1, -0.05) is 37.5 Å². The molecule has 1 saturated carbocycles. The van der Waals surface area contributed by atoms with Crippen molar-refractivity contribution in [1.82, 2.24) is 10.0 Å². The van der Waals surface area contributed by atoms with Crippen LogP contribution in [0.15, 0.2) is 35.2 Å². The molecule has 2 aliphatic rings. The minimum atomic E-state index is -3.58. The van der Waals surface area contributed by atoms with E-state index in [9.17, 15) is 13.5 Å². The summed E-state index contributed by atoms with van der Waals surface area (Å²) in [4.78, 5) is 0.217. The normalized spacial score (nSPS) is 29.0. The highest BCUT2D eigenvalue weighted by Crippen LogP contribution is 2.21.